The van der Waals surface area contributed by atoms with Crippen LogP contribution in [-0.2, 0) is 25.3 Å². The highest BCUT2D eigenvalue weighted by molar-refractivity contribution is 6.74. The van der Waals surface area contributed by atoms with Crippen molar-refractivity contribution < 1.29 is 23.5 Å². The maximum Gasteiger partial charge on any atom is 0.407 e. The van der Waals surface area contributed by atoms with E-state index in [9.17, 15) is 9.59 Å². The zero-order chi connectivity index (χ0) is 29.0. The number of nitrogens with zero attached hydrogens (tertiary/aromatic N) is 1. The maximum atomic E-state index is 13.8. The molecule has 8 heteroatoms. The van der Waals surface area contributed by atoms with E-state index in [1.165, 1.54) is 0 Å². The van der Waals surface area contributed by atoms with Crippen LogP contribution in [0.5, 0.6) is 0 Å². The maximum absolute atomic E-state index is 13.8. The average Bonchev–Trinajstić information content (AvgIpc) is 2.83. The Kier molecular flexibility index (Phi) is 9.67. The molecule has 214 valence electrons. The molecule has 1 aliphatic heterocycles. The summed E-state index contributed by atoms with van der Waals surface area (Å²) in [6.07, 6.45) is -1.22. The molecule has 39 heavy (non-hydrogen) atoms. The van der Waals surface area contributed by atoms with Crippen LogP contribution < -0.4 is 5.32 Å². The molecule has 2 amide bonds. The summed E-state index contributed by atoms with van der Waals surface area (Å²) in [6, 6.07) is 18.6. The highest BCUT2D eigenvalue weighted by Crippen LogP contribution is 2.40. The van der Waals surface area contributed by atoms with Crippen molar-refractivity contribution in [3.8, 4) is 0 Å². The largest absolute Gasteiger partial charge is 0.444 e. The molecule has 0 aromatic heterocycles. The van der Waals surface area contributed by atoms with Gasteiger partial charge in [0.15, 0.2) is 14.4 Å². The van der Waals surface area contributed by atoms with E-state index in [0.29, 0.717) is 13.2 Å². The number of β-lactam (4-membered cyclic amide) rings is 1. The Hall–Kier alpha value is -2.68. The number of nitrogens with one attached hydrogen (secondary N) is 1. The van der Waals surface area contributed by atoms with Gasteiger partial charge in [-0.15, -0.1) is 0 Å². The Morgan fingerprint density at radius 1 is 0.974 bits per heavy atom. The summed E-state index contributed by atoms with van der Waals surface area (Å²) in [4.78, 5) is 28.3. The number of hydrogen-bond donors (Lipinski definition) is 1. The number of carbonyl (C=O) groups is 2. The molecule has 2 aromatic carbocycles. The van der Waals surface area contributed by atoms with Crippen LogP contribution in [0.15, 0.2) is 60.7 Å². The van der Waals surface area contributed by atoms with Crippen LogP contribution in [0, 0.1) is 0 Å². The van der Waals surface area contributed by atoms with Crippen LogP contribution in [0.4, 0.5) is 4.79 Å². The minimum atomic E-state index is -2.09. The Morgan fingerprint density at radius 2 is 1.54 bits per heavy atom. The summed E-state index contributed by atoms with van der Waals surface area (Å²) in [5.74, 6) is -0.110. The lowest BCUT2D eigenvalue weighted by molar-refractivity contribution is -0.186. The van der Waals surface area contributed by atoms with E-state index < -0.39 is 38.2 Å². The molecule has 0 saturated carbocycles. The first-order chi connectivity index (χ1) is 18.1. The highest BCUT2D eigenvalue weighted by Gasteiger charge is 2.54. The SMILES string of the molecule is C[C@H](NC(=O)OC(C)(C)C)[C@@H]1[C@H](OCc2ccccc2)C(=O)N1[C@H](CO[Si](C)(C)C(C)(C)C)c1ccccc1. The van der Waals surface area contributed by atoms with Crippen LogP contribution in [0.2, 0.25) is 18.1 Å². The van der Waals surface area contributed by atoms with E-state index >= 15 is 0 Å². The number of amides is 2. The van der Waals surface area contributed by atoms with Crippen molar-refractivity contribution in [2.75, 3.05) is 6.61 Å². The smallest absolute Gasteiger partial charge is 0.407 e. The van der Waals surface area contributed by atoms with Crippen molar-refractivity contribution in [1.82, 2.24) is 10.2 Å². The first kappa shape index (κ1) is 30.9. The number of benzene rings is 2. The normalized spacial score (nSPS) is 19.7. The Morgan fingerprint density at radius 3 is 2.08 bits per heavy atom. The van der Waals surface area contributed by atoms with E-state index in [-0.39, 0.29) is 17.0 Å². The number of alkyl carbamates (subject to hydrolysis) is 1. The van der Waals surface area contributed by atoms with E-state index in [0.717, 1.165) is 11.1 Å². The fourth-order valence-electron chi connectivity index (χ4n) is 4.39. The van der Waals surface area contributed by atoms with Crippen molar-refractivity contribution in [1.29, 1.82) is 0 Å². The Bertz CT molecular complexity index is 1100. The van der Waals surface area contributed by atoms with Gasteiger partial charge in [-0.2, -0.15) is 0 Å². The van der Waals surface area contributed by atoms with Crippen LogP contribution in [0.1, 0.15) is 65.6 Å². The molecule has 2 aromatic rings. The molecule has 1 heterocycles. The molecule has 0 aliphatic carbocycles. The summed E-state index contributed by atoms with van der Waals surface area (Å²) in [7, 11) is -2.09. The van der Waals surface area contributed by atoms with Gasteiger partial charge in [0.2, 0.25) is 0 Å². The van der Waals surface area contributed by atoms with Crippen molar-refractivity contribution in [2.45, 2.75) is 103 Å². The third-order valence-electron chi connectivity index (χ3n) is 7.59. The molecule has 1 N–H and O–H groups in total. The van der Waals surface area contributed by atoms with Crippen LogP contribution in [0.3, 0.4) is 0 Å². The van der Waals surface area contributed by atoms with Crippen molar-refractivity contribution >= 4 is 20.3 Å². The second kappa shape index (κ2) is 12.2. The van der Waals surface area contributed by atoms with E-state index in [4.69, 9.17) is 13.9 Å². The molecule has 0 spiro atoms. The average molecular weight is 555 g/mol. The van der Waals surface area contributed by atoms with Gasteiger partial charge in [-0.05, 0) is 57.0 Å². The number of carbonyl (C=O) groups excluding carboxylic acids is 2. The van der Waals surface area contributed by atoms with Crippen LogP contribution in [0.25, 0.3) is 0 Å². The molecule has 1 saturated heterocycles. The fourth-order valence-corrected chi connectivity index (χ4v) is 5.40. The predicted octanol–water partition coefficient (Wildman–Crippen LogP) is 6.46. The van der Waals surface area contributed by atoms with Gasteiger partial charge in [-0.25, -0.2) is 4.79 Å². The number of rotatable bonds is 10. The summed E-state index contributed by atoms with van der Waals surface area (Å²) in [5.41, 5.74) is 1.34. The zero-order valence-corrected chi connectivity index (χ0v) is 26.0. The molecule has 4 atom stereocenters. The quantitative estimate of drug-likeness (QED) is 0.269. The second-order valence-corrected chi connectivity index (χ2v) is 17.7. The molecular weight excluding hydrogens is 508 g/mol. The number of ether oxygens (including phenoxy) is 2. The van der Waals surface area contributed by atoms with Crippen molar-refractivity contribution in [2.24, 2.45) is 0 Å². The van der Waals surface area contributed by atoms with Gasteiger partial charge in [0.25, 0.3) is 5.91 Å². The molecule has 0 bridgehead atoms. The van der Waals surface area contributed by atoms with Gasteiger partial charge in [0, 0.05) is 0 Å². The summed E-state index contributed by atoms with van der Waals surface area (Å²) in [6.45, 7) is 19.1. The molecule has 7 nitrogen and oxygen atoms in total. The van der Waals surface area contributed by atoms with E-state index in [1.54, 1.807) is 0 Å². The first-order valence-electron chi connectivity index (χ1n) is 13.8. The van der Waals surface area contributed by atoms with E-state index in [1.807, 2.05) is 93.3 Å². The van der Waals surface area contributed by atoms with Gasteiger partial charge >= 0.3 is 6.09 Å². The molecular formula is C31H46N2O5Si. The Balaban J connectivity index is 1.90. The zero-order valence-electron chi connectivity index (χ0n) is 25.0. The summed E-state index contributed by atoms with van der Waals surface area (Å²) in [5, 5.41) is 2.98. The Labute approximate surface area is 235 Å². The molecule has 0 unspecified atom stereocenters. The van der Waals surface area contributed by atoms with Gasteiger partial charge in [-0.3, -0.25) is 4.79 Å². The fraction of sp³-hybridized carbons (Fsp3) is 0.548. The van der Waals surface area contributed by atoms with Gasteiger partial charge < -0.3 is 24.1 Å². The monoisotopic (exact) mass is 554 g/mol. The van der Waals surface area contributed by atoms with E-state index in [2.05, 4.69) is 39.2 Å². The third kappa shape index (κ3) is 7.93. The van der Waals surface area contributed by atoms with Gasteiger partial charge in [0.05, 0.1) is 31.3 Å². The lowest BCUT2D eigenvalue weighted by atomic mass is 9.87. The van der Waals surface area contributed by atoms with Crippen molar-refractivity contribution in [3.63, 3.8) is 0 Å². The van der Waals surface area contributed by atoms with Crippen LogP contribution in [-0.4, -0.2) is 55.6 Å². The predicted molar refractivity (Wildman–Crippen MR) is 157 cm³/mol. The summed E-state index contributed by atoms with van der Waals surface area (Å²) >= 11 is 0. The van der Waals surface area contributed by atoms with Gasteiger partial charge in [-0.1, -0.05) is 81.4 Å². The van der Waals surface area contributed by atoms with Gasteiger partial charge in [0.1, 0.15) is 5.60 Å². The molecule has 1 fully saturated rings. The summed E-state index contributed by atoms with van der Waals surface area (Å²) < 4.78 is 18.4. The lowest BCUT2D eigenvalue weighted by Gasteiger charge is -2.53. The van der Waals surface area contributed by atoms with Crippen molar-refractivity contribution in [3.05, 3.63) is 71.8 Å². The molecule has 3 rings (SSSR count). The molecule has 1 aliphatic rings. The lowest BCUT2D eigenvalue weighted by Crippen LogP contribution is -2.72. The number of likely N-dealkylation sites (tertiary alicyclic amines) is 1. The third-order valence-corrected chi connectivity index (χ3v) is 12.1. The number of hydrogen-bond acceptors (Lipinski definition) is 5. The molecule has 0 radical (unpaired) electrons. The minimum absolute atomic E-state index is 0.0273. The first-order valence-corrected chi connectivity index (χ1v) is 16.7. The highest BCUT2D eigenvalue weighted by atomic mass is 28.4. The standard InChI is InChI=1S/C31H46N2O5Si/c1-22(32-29(35)38-30(2,3)4)26-27(36-20-23-16-12-10-13-17-23)28(34)33(26)25(24-18-14-11-15-19-24)21-37-39(8,9)31(5,6)7/h10-19,22,25-27H,20-21H2,1-9H3,(H,32,35)/t22-,25+,26+,27-/m0/s1. The minimum Gasteiger partial charge on any atom is -0.444 e. The van der Waals surface area contributed by atoms with Crippen LogP contribution >= 0.6 is 0 Å². The topological polar surface area (TPSA) is 77.1 Å². The second-order valence-electron chi connectivity index (χ2n) is 12.9.